The SMILES string of the molecule is Cn1nc(-c2cc(OCC(=O)O)c(Cl)cc2F)c(Cl)c1OC(F)F.O. The van der Waals surface area contributed by atoms with Gasteiger partial charge in [0.05, 0.1) is 5.02 Å². The number of hydrogen-bond donors (Lipinski definition) is 1. The number of aryl methyl sites for hydroxylation is 1. The van der Waals surface area contributed by atoms with E-state index < -0.39 is 30.9 Å². The first-order valence-electron chi connectivity index (χ1n) is 6.22. The fraction of sp³-hybridized carbons (Fsp3) is 0.231. The van der Waals surface area contributed by atoms with Crippen molar-refractivity contribution in [3.05, 3.63) is 28.0 Å². The van der Waals surface area contributed by atoms with Crippen LogP contribution in [0.2, 0.25) is 10.0 Å². The summed E-state index contributed by atoms with van der Waals surface area (Å²) in [6.45, 7) is -3.85. The first-order chi connectivity index (χ1) is 11.2. The van der Waals surface area contributed by atoms with Crippen molar-refractivity contribution in [2.24, 2.45) is 7.05 Å². The molecule has 0 saturated carbocycles. The van der Waals surface area contributed by atoms with Crippen LogP contribution in [0.15, 0.2) is 12.1 Å². The van der Waals surface area contributed by atoms with Crippen LogP contribution in [0.4, 0.5) is 13.2 Å². The molecule has 7 nitrogen and oxygen atoms in total. The molecule has 0 aliphatic carbocycles. The summed E-state index contributed by atoms with van der Waals surface area (Å²) in [4.78, 5) is 10.5. The molecular formula is C13H11Cl2F3N2O5. The average molecular weight is 403 g/mol. The van der Waals surface area contributed by atoms with Crippen LogP contribution in [0.25, 0.3) is 11.3 Å². The minimum atomic E-state index is -3.14. The zero-order chi connectivity index (χ0) is 18.0. The van der Waals surface area contributed by atoms with Crippen molar-refractivity contribution in [3.63, 3.8) is 0 Å². The molecule has 1 aromatic heterocycles. The molecule has 1 aromatic carbocycles. The predicted octanol–water partition coefficient (Wildman–Crippen LogP) is 2.77. The molecule has 25 heavy (non-hydrogen) atoms. The van der Waals surface area contributed by atoms with Crippen LogP contribution in [0, 0.1) is 5.82 Å². The molecule has 0 atom stereocenters. The highest BCUT2D eigenvalue weighted by molar-refractivity contribution is 6.34. The molecule has 0 radical (unpaired) electrons. The van der Waals surface area contributed by atoms with Gasteiger partial charge in [-0.25, -0.2) is 13.9 Å². The standard InChI is InChI=1S/C13H9Cl2F3N2O4.H2O/c1-20-12(24-13(17)18)10(15)11(19-20)5-2-8(23-4-9(21)22)6(14)3-7(5)16;/h2-3,13H,4H2,1H3,(H,21,22);1H2. The monoisotopic (exact) mass is 402 g/mol. The third-order valence-electron chi connectivity index (χ3n) is 2.77. The third-order valence-corrected chi connectivity index (χ3v) is 3.40. The lowest BCUT2D eigenvalue weighted by Crippen LogP contribution is -2.09. The van der Waals surface area contributed by atoms with E-state index in [1.54, 1.807) is 0 Å². The first-order valence-corrected chi connectivity index (χ1v) is 6.97. The Hall–Kier alpha value is -2.17. The molecule has 0 aliphatic rings. The normalized spacial score (nSPS) is 10.5. The van der Waals surface area contributed by atoms with E-state index in [-0.39, 0.29) is 32.5 Å². The Morgan fingerprint density at radius 3 is 2.60 bits per heavy atom. The summed E-state index contributed by atoms with van der Waals surface area (Å²) in [6, 6.07) is 1.94. The number of carboxylic acids is 1. The molecule has 0 spiro atoms. The van der Waals surface area contributed by atoms with Crippen LogP contribution in [0.3, 0.4) is 0 Å². The van der Waals surface area contributed by atoms with Gasteiger partial charge >= 0.3 is 12.6 Å². The Balaban J connectivity index is 0.00000312. The van der Waals surface area contributed by atoms with E-state index in [0.717, 1.165) is 16.8 Å². The van der Waals surface area contributed by atoms with Gasteiger partial charge in [0, 0.05) is 12.6 Å². The molecule has 0 amide bonds. The van der Waals surface area contributed by atoms with Gasteiger partial charge in [-0.3, -0.25) is 0 Å². The number of halogens is 5. The molecule has 0 fully saturated rings. The number of carbonyl (C=O) groups is 1. The molecule has 138 valence electrons. The number of ether oxygens (including phenoxy) is 2. The third kappa shape index (κ3) is 4.68. The van der Waals surface area contributed by atoms with Gasteiger partial charge in [0.15, 0.2) is 6.61 Å². The lowest BCUT2D eigenvalue weighted by atomic mass is 10.1. The fourth-order valence-corrected chi connectivity index (χ4v) is 2.34. The molecule has 12 heteroatoms. The van der Waals surface area contributed by atoms with Crippen LogP contribution in [-0.2, 0) is 11.8 Å². The Morgan fingerprint density at radius 1 is 1.40 bits per heavy atom. The second-order valence-electron chi connectivity index (χ2n) is 4.41. The quantitative estimate of drug-likeness (QED) is 0.799. The van der Waals surface area contributed by atoms with Gasteiger partial charge in [-0.2, -0.15) is 13.9 Å². The number of aromatic nitrogens is 2. The summed E-state index contributed by atoms with van der Waals surface area (Å²) in [5.74, 6) is -2.70. The molecule has 3 N–H and O–H groups in total. The number of nitrogens with zero attached hydrogens (tertiary/aromatic N) is 2. The van der Waals surface area contributed by atoms with Gasteiger partial charge < -0.3 is 20.1 Å². The fourth-order valence-electron chi connectivity index (χ4n) is 1.83. The van der Waals surface area contributed by atoms with Crippen LogP contribution >= 0.6 is 23.2 Å². The number of aliphatic carboxylic acids is 1. The van der Waals surface area contributed by atoms with E-state index in [1.807, 2.05) is 0 Å². The Labute approximate surface area is 148 Å². The Morgan fingerprint density at radius 2 is 2.04 bits per heavy atom. The second-order valence-corrected chi connectivity index (χ2v) is 5.20. The van der Waals surface area contributed by atoms with Crippen molar-refractivity contribution in [3.8, 4) is 22.9 Å². The second kappa shape index (κ2) is 8.28. The van der Waals surface area contributed by atoms with Gasteiger partial charge in [-0.05, 0) is 12.1 Å². The lowest BCUT2D eigenvalue weighted by molar-refractivity contribution is -0.139. The van der Waals surface area contributed by atoms with E-state index in [9.17, 15) is 18.0 Å². The molecule has 1 heterocycles. The van der Waals surface area contributed by atoms with Gasteiger partial charge in [-0.1, -0.05) is 23.2 Å². The highest BCUT2D eigenvalue weighted by Crippen LogP contribution is 2.39. The van der Waals surface area contributed by atoms with Crippen molar-refractivity contribution >= 4 is 29.2 Å². The molecule has 2 rings (SSSR count). The van der Waals surface area contributed by atoms with Crippen molar-refractivity contribution in [2.45, 2.75) is 6.61 Å². The zero-order valence-electron chi connectivity index (χ0n) is 12.4. The van der Waals surface area contributed by atoms with Crippen molar-refractivity contribution < 1.29 is 38.0 Å². The van der Waals surface area contributed by atoms with E-state index >= 15 is 0 Å². The van der Waals surface area contributed by atoms with Crippen LogP contribution in [-0.4, -0.2) is 39.6 Å². The van der Waals surface area contributed by atoms with E-state index in [1.165, 1.54) is 7.05 Å². The average Bonchev–Trinajstić information content (AvgIpc) is 2.74. The summed E-state index contributed by atoms with van der Waals surface area (Å²) in [6.07, 6.45) is 0. The number of alkyl halides is 2. The summed E-state index contributed by atoms with van der Waals surface area (Å²) in [5.41, 5.74) is -0.409. The lowest BCUT2D eigenvalue weighted by Gasteiger charge is -2.08. The molecule has 0 saturated heterocycles. The zero-order valence-corrected chi connectivity index (χ0v) is 13.9. The van der Waals surface area contributed by atoms with E-state index in [0.29, 0.717) is 0 Å². The minimum absolute atomic E-state index is 0. The van der Waals surface area contributed by atoms with Crippen LogP contribution in [0.1, 0.15) is 0 Å². The molecule has 0 bridgehead atoms. The summed E-state index contributed by atoms with van der Waals surface area (Å²) in [7, 11) is 1.28. The summed E-state index contributed by atoms with van der Waals surface area (Å²) < 4.78 is 49.0. The van der Waals surface area contributed by atoms with Gasteiger partial charge in [0.2, 0.25) is 5.88 Å². The molecular weight excluding hydrogens is 392 g/mol. The van der Waals surface area contributed by atoms with Crippen LogP contribution in [0.5, 0.6) is 11.6 Å². The van der Waals surface area contributed by atoms with Gasteiger partial charge in [0.1, 0.15) is 22.3 Å². The van der Waals surface area contributed by atoms with Crippen LogP contribution < -0.4 is 9.47 Å². The summed E-state index contributed by atoms with van der Waals surface area (Å²) in [5, 5.41) is 11.9. The highest BCUT2D eigenvalue weighted by atomic mass is 35.5. The molecule has 0 unspecified atom stereocenters. The van der Waals surface area contributed by atoms with E-state index in [2.05, 4.69) is 9.84 Å². The van der Waals surface area contributed by atoms with Gasteiger partial charge in [-0.15, -0.1) is 0 Å². The topological polar surface area (TPSA) is 105 Å². The maximum atomic E-state index is 14.1. The van der Waals surface area contributed by atoms with Crippen molar-refractivity contribution in [1.29, 1.82) is 0 Å². The number of benzene rings is 1. The number of carboxylic acid groups (broad SMARTS) is 1. The smallest absolute Gasteiger partial charge is 0.388 e. The Kier molecular flexibility index (Phi) is 6.91. The number of rotatable bonds is 6. The minimum Gasteiger partial charge on any atom is -0.480 e. The predicted molar refractivity (Wildman–Crippen MR) is 82.0 cm³/mol. The summed E-state index contributed by atoms with van der Waals surface area (Å²) >= 11 is 11.7. The maximum Gasteiger partial charge on any atom is 0.388 e. The maximum absolute atomic E-state index is 14.1. The highest BCUT2D eigenvalue weighted by Gasteiger charge is 2.23. The number of hydrogen-bond acceptors (Lipinski definition) is 4. The Bertz CT molecular complexity index is 786. The van der Waals surface area contributed by atoms with Crippen molar-refractivity contribution in [2.75, 3.05) is 6.61 Å². The first kappa shape index (κ1) is 20.9. The van der Waals surface area contributed by atoms with Gasteiger partial charge in [0.25, 0.3) is 0 Å². The van der Waals surface area contributed by atoms with E-state index in [4.69, 9.17) is 33.0 Å². The molecule has 0 aliphatic heterocycles. The largest absolute Gasteiger partial charge is 0.480 e. The molecule has 2 aromatic rings. The van der Waals surface area contributed by atoms with Crippen molar-refractivity contribution in [1.82, 2.24) is 9.78 Å².